The third kappa shape index (κ3) is 4.41. The molecule has 158 valence electrons. The second-order valence-electron chi connectivity index (χ2n) is 8.00. The van der Waals surface area contributed by atoms with Gasteiger partial charge in [0.1, 0.15) is 5.75 Å². The van der Waals surface area contributed by atoms with Gasteiger partial charge in [-0.05, 0) is 56.6 Å². The van der Waals surface area contributed by atoms with Crippen LogP contribution in [0.2, 0.25) is 0 Å². The Balaban J connectivity index is 1.31. The molecule has 0 radical (unpaired) electrons. The third-order valence-electron chi connectivity index (χ3n) is 6.26. The minimum atomic E-state index is -0.333. The molecule has 5 nitrogen and oxygen atoms in total. The molecule has 1 unspecified atom stereocenters. The average Bonchev–Trinajstić information content (AvgIpc) is 3.17. The number of hydrogen-bond donors (Lipinski definition) is 1. The van der Waals surface area contributed by atoms with E-state index in [4.69, 9.17) is 9.47 Å². The molecule has 1 aliphatic heterocycles. The summed E-state index contributed by atoms with van der Waals surface area (Å²) in [7, 11) is 0. The van der Waals surface area contributed by atoms with Crippen molar-refractivity contribution < 1.29 is 19.1 Å². The number of thioether (sulfide) groups is 2. The van der Waals surface area contributed by atoms with Crippen LogP contribution in [0.4, 0.5) is 5.69 Å². The molecule has 3 aliphatic rings. The van der Waals surface area contributed by atoms with E-state index in [0.717, 1.165) is 12.8 Å². The Morgan fingerprint density at radius 2 is 1.83 bits per heavy atom. The number of anilines is 1. The van der Waals surface area contributed by atoms with Gasteiger partial charge in [-0.3, -0.25) is 9.59 Å². The maximum absolute atomic E-state index is 12.7. The Hall–Kier alpha value is -1.34. The molecule has 29 heavy (non-hydrogen) atoms. The molecule has 1 saturated heterocycles. The molecule has 4 rings (SSSR count). The van der Waals surface area contributed by atoms with Crippen molar-refractivity contribution in [1.29, 1.82) is 0 Å². The Morgan fingerprint density at radius 3 is 2.52 bits per heavy atom. The van der Waals surface area contributed by atoms with Crippen molar-refractivity contribution in [2.75, 3.05) is 30.0 Å². The van der Waals surface area contributed by atoms with Gasteiger partial charge < -0.3 is 14.8 Å². The molecule has 3 atom stereocenters. The molecule has 2 saturated carbocycles. The number of rotatable bonds is 6. The number of esters is 1. The fraction of sp³-hybridized carbons (Fsp3) is 0.636. The van der Waals surface area contributed by atoms with Gasteiger partial charge in [0.25, 0.3) is 5.91 Å². The Labute approximate surface area is 181 Å². The van der Waals surface area contributed by atoms with Gasteiger partial charge in [-0.15, -0.1) is 23.5 Å². The van der Waals surface area contributed by atoms with E-state index < -0.39 is 0 Å². The van der Waals surface area contributed by atoms with E-state index in [2.05, 4.69) is 28.8 Å². The number of hydrogen-bond acceptors (Lipinski definition) is 6. The average molecular weight is 436 g/mol. The van der Waals surface area contributed by atoms with Gasteiger partial charge in [0.2, 0.25) is 0 Å². The van der Waals surface area contributed by atoms with Gasteiger partial charge >= 0.3 is 5.97 Å². The summed E-state index contributed by atoms with van der Waals surface area (Å²) in [6, 6.07) is 7.28. The smallest absolute Gasteiger partial charge is 0.309 e. The van der Waals surface area contributed by atoms with Crippen LogP contribution in [0.25, 0.3) is 0 Å². The van der Waals surface area contributed by atoms with Gasteiger partial charge in [0.05, 0.1) is 22.3 Å². The molecule has 1 N–H and O–H groups in total. The fourth-order valence-corrected chi connectivity index (χ4v) is 9.03. The van der Waals surface area contributed by atoms with Crippen LogP contribution in [0.5, 0.6) is 5.75 Å². The zero-order valence-corrected chi connectivity index (χ0v) is 18.5. The molecule has 1 aromatic carbocycles. The molecule has 1 heterocycles. The van der Waals surface area contributed by atoms with Crippen molar-refractivity contribution in [2.45, 2.75) is 43.1 Å². The highest BCUT2D eigenvalue weighted by Gasteiger charge is 2.55. The molecule has 1 aromatic rings. The maximum Gasteiger partial charge on any atom is 0.309 e. The number of amides is 1. The largest absolute Gasteiger partial charge is 0.492 e. The molecule has 7 heteroatoms. The molecule has 1 spiro atoms. The summed E-state index contributed by atoms with van der Waals surface area (Å²) in [5.41, 5.74) is 0.597. The van der Waals surface area contributed by atoms with Crippen molar-refractivity contribution in [3.05, 3.63) is 24.3 Å². The van der Waals surface area contributed by atoms with E-state index in [1.165, 1.54) is 30.8 Å². The van der Waals surface area contributed by atoms with Crippen LogP contribution in [-0.2, 0) is 14.3 Å². The summed E-state index contributed by atoms with van der Waals surface area (Å²) < 4.78 is 11.3. The minimum Gasteiger partial charge on any atom is -0.492 e. The monoisotopic (exact) mass is 435 g/mol. The number of carbonyl (C=O) groups is 2. The first-order valence-electron chi connectivity index (χ1n) is 10.6. The Morgan fingerprint density at radius 1 is 1.14 bits per heavy atom. The second-order valence-corrected chi connectivity index (χ2v) is 11.0. The lowest BCUT2D eigenvalue weighted by Crippen LogP contribution is -2.48. The predicted molar refractivity (Wildman–Crippen MR) is 118 cm³/mol. The molecule has 0 aromatic heterocycles. The molecular formula is C22H29NO4S2. The summed E-state index contributed by atoms with van der Waals surface area (Å²) in [5.74, 6) is 3.66. The first kappa shape index (κ1) is 20.9. The lowest BCUT2D eigenvalue weighted by atomic mass is 9.67. The van der Waals surface area contributed by atoms with E-state index in [9.17, 15) is 9.59 Å². The van der Waals surface area contributed by atoms with E-state index in [0.29, 0.717) is 34.0 Å². The van der Waals surface area contributed by atoms with Crippen molar-refractivity contribution in [3.8, 4) is 5.75 Å². The van der Waals surface area contributed by atoms with Crippen LogP contribution in [0, 0.1) is 17.8 Å². The van der Waals surface area contributed by atoms with Crippen LogP contribution in [0.3, 0.4) is 0 Å². The van der Waals surface area contributed by atoms with E-state index in [1.807, 2.05) is 19.1 Å². The van der Waals surface area contributed by atoms with Crippen molar-refractivity contribution in [3.63, 3.8) is 0 Å². The standard InChI is InChI=1S/C22H29NO4S2/c1-2-26-19-9-4-3-8-18(19)23-20(24)14-27-21(25)15-12-16-6-5-7-17(13-15)22(16)28-10-11-29-22/h3-4,8-9,15-17H,2,5-7,10-14H2,1H3,(H,23,24)/t15?,16-,17+. The van der Waals surface area contributed by atoms with E-state index >= 15 is 0 Å². The van der Waals surface area contributed by atoms with Crippen LogP contribution in [0.1, 0.15) is 39.0 Å². The van der Waals surface area contributed by atoms with E-state index in [1.54, 1.807) is 12.1 Å². The summed E-state index contributed by atoms with van der Waals surface area (Å²) in [6.07, 6.45) is 5.53. The first-order valence-corrected chi connectivity index (χ1v) is 12.6. The first-order chi connectivity index (χ1) is 14.1. The zero-order chi connectivity index (χ0) is 20.3. The molecule has 3 fully saturated rings. The van der Waals surface area contributed by atoms with Gasteiger partial charge in [0, 0.05) is 11.5 Å². The number of benzene rings is 1. The lowest BCUT2D eigenvalue weighted by molar-refractivity contribution is -0.154. The normalized spacial score (nSPS) is 27.4. The van der Waals surface area contributed by atoms with Gasteiger partial charge in [-0.1, -0.05) is 18.6 Å². The molecule has 1 amide bonds. The lowest BCUT2D eigenvalue weighted by Gasteiger charge is -2.51. The van der Waals surface area contributed by atoms with Crippen molar-refractivity contribution in [1.82, 2.24) is 0 Å². The summed E-state index contributed by atoms with van der Waals surface area (Å²) in [5, 5.41) is 2.79. The zero-order valence-electron chi connectivity index (χ0n) is 16.9. The second kappa shape index (κ2) is 9.21. The Bertz CT molecular complexity index is 734. The summed E-state index contributed by atoms with van der Waals surface area (Å²) >= 11 is 4.26. The number of ether oxygens (including phenoxy) is 2. The highest BCUT2D eigenvalue weighted by atomic mass is 32.2. The van der Waals surface area contributed by atoms with Gasteiger partial charge in [-0.25, -0.2) is 0 Å². The maximum atomic E-state index is 12.7. The predicted octanol–water partition coefficient (Wildman–Crippen LogP) is 4.57. The van der Waals surface area contributed by atoms with Crippen molar-refractivity contribution >= 4 is 41.1 Å². The third-order valence-corrected chi connectivity index (χ3v) is 10.3. The van der Waals surface area contributed by atoms with Gasteiger partial charge in [0.15, 0.2) is 6.61 Å². The quantitative estimate of drug-likeness (QED) is 0.661. The van der Waals surface area contributed by atoms with E-state index in [-0.39, 0.29) is 24.4 Å². The van der Waals surface area contributed by atoms with Crippen LogP contribution in [-0.4, -0.2) is 40.7 Å². The fourth-order valence-electron chi connectivity index (χ4n) is 5.09. The highest BCUT2D eigenvalue weighted by molar-refractivity contribution is 8.21. The highest BCUT2D eigenvalue weighted by Crippen LogP contribution is 2.64. The van der Waals surface area contributed by atoms with Crippen LogP contribution < -0.4 is 10.1 Å². The SMILES string of the molecule is CCOc1ccccc1NC(=O)COC(=O)C1C[C@H]2CCC[C@@H](C1)C21SCCS1. The molecular weight excluding hydrogens is 406 g/mol. The number of para-hydroxylation sites is 2. The summed E-state index contributed by atoms with van der Waals surface area (Å²) in [4.78, 5) is 25.0. The summed E-state index contributed by atoms with van der Waals surface area (Å²) in [6.45, 7) is 2.16. The Kier molecular flexibility index (Phi) is 6.64. The molecule has 2 aliphatic carbocycles. The minimum absolute atomic E-state index is 0.0683. The van der Waals surface area contributed by atoms with Crippen molar-refractivity contribution in [2.24, 2.45) is 17.8 Å². The molecule has 2 bridgehead atoms. The van der Waals surface area contributed by atoms with Gasteiger partial charge in [-0.2, -0.15) is 0 Å². The van der Waals surface area contributed by atoms with Crippen LogP contribution >= 0.6 is 23.5 Å². The van der Waals surface area contributed by atoms with Crippen LogP contribution in [0.15, 0.2) is 24.3 Å². The topological polar surface area (TPSA) is 64.6 Å². The number of carbonyl (C=O) groups excluding carboxylic acids is 2. The number of nitrogens with one attached hydrogen (secondary N) is 1.